The number of hydrogen-bond acceptors (Lipinski definition) is 5. The van der Waals surface area contributed by atoms with Crippen molar-refractivity contribution in [3.05, 3.63) is 107 Å². The van der Waals surface area contributed by atoms with Crippen molar-refractivity contribution in [3.63, 3.8) is 0 Å². The molecule has 3 aromatic carbocycles. The van der Waals surface area contributed by atoms with Crippen LogP contribution in [0.1, 0.15) is 38.3 Å². The van der Waals surface area contributed by atoms with Crippen molar-refractivity contribution in [2.24, 2.45) is 5.41 Å². The third-order valence-corrected chi connectivity index (χ3v) is 7.74. The molecule has 6 nitrogen and oxygen atoms in total. The Bertz CT molecular complexity index is 1640. The lowest BCUT2D eigenvalue weighted by Crippen LogP contribution is -2.40. The Hall–Kier alpha value is -4.16. The van der Waals surface area contributed by atoms with Gasteiger partial charge in [-0.3, -0.25) is 14.6 Å². The van der Waals surface area contributed by atoms with Crippen LogP contribution in [0, 0.1) is 5.41 Å². The largest absolute Gasteiger partial charge is 0.357 e. The highest BCUT2D eigenvalue weighted by Crippen LogP contribution is 2.49. The van der Waals surface area contributed by atoms with E-state index in [1.54, 1.807) is 6.20 Å². The second-order valence-electron chi connectivity index (χ2n) is 11.0. The Labute approximate surface area is 232 Å². The number of Topliss-reactive ketones (excluding diaryl/α,β-unsaturated/α-hetero) is 1. The number of carbonyl (C=O) groups excluding carboxylic acids is 2. The summed E-state index contributed by atoms with van der Waals surface area (Å²) in [6.07, 6.45) is 2.80. The minimum atomic E-state index is -0.533. The molecule has 2 heterocycles. The number of fused-ring (bicyclic) bond motifs is 2. The second kappa shape index (κ2) is 9.86. The van der Waals surface area contributed by atoms with Crippen LogP contribution in [0.2, 0.25) is 5.02 Å². The SMILES string of the molecule is CC1(C)CC(=O)C2=C(C1)Nc1ccccc1N(CC(=O)Nc1cnc3ccccc3c1)C2c1ccccc1Cl. The topological polar surface area (TPSA) is 74.3 Å². The third kappa shape index (κ3) is 4.88. The molecule has 0 fully saturated rings. The first-order valence-corrected chi connectivity index (χ1v) is 13.4. The third-order valence-electron chi connectivity index (χ3n) is 7.39. The van der Waals surface area contributed by atoms with Gasteiger partial charge < -0.3 is 15.5 Å². The van der Waals surface area contributed by atoms with Gasteiger partial charge in [0.05, 0.1) is 41.4 Å². The van der Waals surface area contributed by atoms with Crippen molar-refractivity contribution < 1.29 is 9.59 Å². The molecule has 1 atom stereocenters. The number of rotatable bonds is 4. The number of para-hydroxylation sites is 3. The molecule has 1 aromatic heterocycles. The van der Waals surface area contributed by atoms with Crippen molar-refractivity contribution in [2.75, 3.05) is 22.1 Å². The van der Waals surface area contributed by atoms with E-state index < -0.39 is 6.04 Å². The smallest absolute Gasteiger partial charge is 0.243 e. The van der Waals surface area contributed by atoms with E-state index in [1.807, 2.05) is 83.8 Å². The molecule has 0 radical (unpaired) electrons. The molecule has 1 aliphatic heterocycles. The minimum absolute atomic E-state index is 0.00879. The average Bonchev–Trinajstić information content (AvgIpc) is 3.02. The summed E-state index contributed by atoms with van der Waals surface area (Å²) in [5.74, 6) is -0.151. The second-order valence-corrected chi connectivity index (χ2v) is 11.4. The highest BCUT2D eigenvalue weighted by Gasteiger charge is 2.42. The molecule has 39 heavy (non-hydrogen) atoms. The highest BCUT2D eigenvalue weighted by atomic mass is 35.5. The van der Waals surface area contributed by atoms with E-state index >= 15 is 0 Å². The quantitative estimate of drug-likeness (QED) is 0.290. The van der Waals surface area contributed by atoms with Gasteiger partial charge in [0.2, 0.25) is 5.91 Å². The number of amides is 1. The van der Waals surface area contributed by atoms with Gasteiger partial charge in [0.15, 0.2) is 5.78 Å². The van der Waals surface area contributed by atoms with Gasteiger partial charge in [0.1, 0.15) is 0 Å². The van der Waals surface area contributed by atoms with Crippen LogP contribution in [-0.2, 0) is 9.59 Å². The van der Waals surface area contributed by atoms with Gasteiger partial charge in [-0.25, -0.2) is 0 Å². The predicted octanol–water partition coefficient (Wildman–Crippen LogP) is 7.14. The fourth-order valence-electron chi connectivity index (χ4n) is 5.74. The zero-order valence-electron chi connectivity index (χ0n) is 21.9. The Morgan fingerprint density at radius 2 is 1.79 bits per heavy atom. The lowest BCUT2D eigenvalue weighted by atomic mass is 9.73. The van der Waals surface area contributed by atoms with Crippen LogP contribution >= 0.6 is 11.6 Å². The molecule has 2 aliphatic rings. The maximum atomic E-state index is 13.8. The van der Waals surface area contributed by atoms with Gasteiger partial charge in [-0.15, -0.1) is 0 Å². The predicted molar refractivity (Wildman–Crippen MR) is 157 cm³/mol. The maximum Gasteiger partial charge on any atom is 0.243 e. The Balaban J connectivity index is 1.45. The summed E-state index contributed by atoms with van der Waals surface area (Å²) in [6.45, 7) is 4.23. The Kier molecular flexibility index (Phi) is 6.35. The monoisotopic (exact) mass is 536 g/mol. The van der Waals surface area contributed by atoms with Gasteiger partial charge in [-0.1, -0.05) is 74.0 Å². The molecule has 1 aliphatic carbocycles. The van der Waals surface area contributed by atoms with E-state index in [0.29, 0.717) is 29.1 Å². The van der Waals surface area contributed by atoms with Crippen LogP contribution in [0.5, 0.6) is 0 Å². The number of nitrogens with zero attached hydrogens (tertiary/aromatic N) is 2. The van der Waals surface area contributed by atoms with E-state index in [1.165, 1.54) is 0 Å². The van der Waals surface area contributed by atoms with Crippen molar-refractivity contribution >= 4 is 51.3 Å². The molecule has 6 rings (SSSR count). The summed E-state index contributed by atoms with van der Waals surface area (Å²) in [4.78, 5) is 33.9. The molecular weight excluding hydrogens is 508 g/mol. The first kappa shape index (κ1) is 25.1. The average molecular weight is 537 g/mol. The van der Waals surface area contributed by atoms with Gasteiger partial charge in [-0.2, -0.15) is 0 Å². The lowest BCUT2D eigenvalue weighted by molar-refractivity contribution is -0.119. The molecule has 0 saturated heterocycles. The van der Waals surface area contributed by atoms with E-state index in [9.17, 15) is 9.59 Å². The first-order chi connectivity index (χ1) is 18.8. The van der Waals surface area contributed by atoms with E-state index in [4.69, 9.17) is 11.6 Å². The van der Waals surface area contributed by atoms with Crippen molar-refractivity contribution in [1.82, 2.24) is 4.98 Å². The number of benzene rings is 3. The normalized spacial score (nSPS) is 18.2. The molecule has 0 spiro atoms. The summed E-state index contributed by atoms with van der Waals surface area (Å²) in [6, 6.07) is 24.6. The van der Waals surface area contributed by atoms with Gasteiger partial charge in [-0.05, 0) is 47.7 Å². The summed E-state index contributed by atoms with van der Waals surface area (Å²) >= 11 is 6.77. The molecule has 7 heteroatoms. The van der Waals surface area contributed by atoms with Crippen LogP contribution < -0.4 is 15.5 Å². The minimum Gasteiger partial charge on any atom is -0.357 e. The number of carbonyl (C=O) groups is 2. The number of allylic oxidation sites excluding steroid dienone is 1. The van der Waals surface area contributed by atoms with Gasteiger partial charge >= 0.3 is 0 Å². The molecular formula is C32H29ClN4O2. The van der Waals surface area contributed by atoms with Gasteiger partial charge in [0, 0.05) is 28.1 Å². The summed E-state index contributed by atoms with van der Waals surface area (Å²) < 4.78 is 0. The molecule has 1 amide bonds. The summed E-state index contributed by atoms with van der Waals surface area (Å²) in [5, 5.41) is 8.08. The van der Waals surface area contributed by atoms with Crippen LogP contribution in [-0.4, -0.2) is 23.2 Å². The number of aromatic nitrogens is 1. The van der Waals surface area contributed by atoms with E-state index in [2.05, 4.69) is 29.5 Å². The van der Waals surface area contributed by atoms with Crippen LogP contribution in [0.4, 0.5) is 17.1 Å². The molecule has 0 bridgehead atoms. The number of ketones is 1. The molecule has 1 unspecified atom stereocenters. The fourth-order valence-corrected chi connectivity index (χ4v) is 5.98. The Morgan fingerprint density at radius 1 is 1.05 bits per heavy atom. The molecule has 196 valence electrons. The molecule has 4 aromatic rings. The highest BCUT2D eigenvalue weighted by molar-refractivity contribution is 6.31. The fraction of sp³-hybridized carbons (Fsp3) is 0.219. The Morgan fingerprint density at radius 3 is 2.64 bits per heavy atom. The number of anilines is 3. The van der Waals surface area contributed by atoms with Crippen LogP contribution in [0.25, 0.3) is 10.9 Å². The standard InChI is InChI=1S/C32H29ClN4O2/c1-32(2)16-26-30(28(38)17-32)31(22-10-4-5-11-23(22)33)37(27-14-8-7-13-25(27)36-26)19-29(39)35-21-15-20-9-3-6-12-24(20)34-18-21/h3-15,18,31,36H,16-17,19H2,1-2H3,(H,35,39). The number of hydrogen-bond donors (Lipinski definition) is 2. The number of nitrogens with one attached hydrogen (secondary N) is 2. The van der Waals surface area contributed by atoms with E-state index in [0.717, 1.165) is 33.5 Å². The summed E-state index contributed by atoms with van der Waals surface area (Å²) in [5.41, 5.74) is 5.31. The van der Waals surface area contributed by atoms with Crippen LogP contribution in [0.3, 0.4) is 0 Å². The maximum absolute atomic E-state index is 13.8. The van der Waals surface area contributed by atoms with E-state index in [-0.39, 0.29) is 23.7 Å². The van der Waals surface area contributed by atoms with Crippen molar-refractivity contribution in [3.8, 4) is 0 Å². The molecule has 0 saturated carbocycles. The zero-order valence-corrected chi connectivity index (χ0v) is 22.6. The first-order valence-electron chi connectivity index (χ1n) is 13.1. The van der Waals surface area contributed by atoms with Crippen molar-refractivity contribution in [2.45, 2.75) is 32.7 Å². The van der Waals surface area contributed by atoms with Crippen molar-refractivity contribution in [1.29, 1.82) is 0 Å². The lowest BCUT2D eigenvalue weighted by Gasteiger charge is -2.38. The number of pyridine rings is 1. The summed E-state index contributed by atoms with van der Waals surface area (Å²) in [7, 11) is 0. The van der Waals surface area contributed by atoms with Crippen LogP contribution in [0.15, 0.2) is 96.3 Å². The zero-order chi connectivity index (χ0) is 27.1. The van der Waals surface area contributed by atoms with Gasteiger partial charge in [0.25, 0.3) is 0 Å². The number of halogens is 1. The molecule has 2 N–H and O–H groups in total.